The first-order valence-electron chi connectivity index (χ1n) is 17.2. The predicted octanol–water partition coefficient (Wildman–Crippen LogP) is 3.31. The monoisotopic (exact) mass is 853 g/mol. The summed E-state index contributed by atoms with van der Waals surface area (Å²) in [5, 5.41) is 92.1. The number of hydrogen-bond acceptors (Lipinski definition) is 21. The van der Waals surface area contributed by atoms with Crippen LogP contribution in [0.25, 0.3) is 23.3 Å². The van der Waals surface area contributed by atoms with E-state index in [4.69, 9.17) is 16.2 Å². The molecule has 0 radical (unpaired) electrons. The summed E-state index contributed by atoms with van der Waals surface area (Å²) in [5.41, 5.74) is 11.7. The van der Waals surface area contributed by atoms with E-state index < -0.39 is 23.9 Å². The van der Waals surface area contributed by atoms with E-state index in [-0.39, 0.29) is 109 Å². The maximum Gasteiger partial charge on any atom is 0.335 e. The number of carboxylic acid groups (broad SMARTS) is 3. The molecule has 0 fully saturated rings. The van der Waals surface area contributed by atoms with Crippen LogP contribution < -0.4 is 16.2 Å². The minimum Gasteiger partial charge on any atom is -0.479 e. The van der Waals surface area contributed by atoms with Gasteiger partial charge in [-0.05, 0) is 44.2 Å². The molecule has 312 valence electrons. The van der Waals surface area contributed by atoms with E-state index in [1.165, 1.54) is 26.0 Å². The first-order valence-corrected chi connectivity index (χ1v) is 17.2. The van der Waals surface area contributed by atoms with Crippen LogP contribution in [0.15, 0.2) is 69.2 Å². The lowest BCUT2D eigenvalue weighted by Gasteiger charge is -2.08. The fourth-order valence-corrected chi connectivity index (χ4v) is 5.70. The van der Waals surface area contributed by atoms with Crippen LogP contribution in [0, 0.1) is 36.5 Å². The lowest BCUT2D eigenvalue weighted by molar-refractivity contribution is -0.120. The van der Waals surface area contributed by atoms with Crippen LogP contribution in [0.3, 0.4) is 0 Å². The van der Waals surface area contributed by atoms with E-state index in [0.29, 0.717) is 0 Å². The summed E-state index contributed by atoms with van der Waals surface area (Å²) in [6, 6.07) is 9.72. The number of aryl methyl sites for hydroxylation is 2. The standard InChI is InChI=1S/C35H23N19O9/c1-14-24(45-47-28-19(9-36)11-40-51(28)21-4-16(30(56)57)3-17(5-21)31(58)59)26(38)53(49-14)33-42-34(44-35(62)43-33)54-27(39)25(15(2)50-54)46-48-29-20(10-37)12-41-52(29)22-6-18(32(60)61)7-23(8-22)63-13-55/h3-8,11-13H,38-39H2,1-2H3,(H,56,57)(H,58,59)(H,60,61)(H,42,43,44,62). The zero-order chi connectivity index (χ0) is 45.3. The van der Waals surface area contributed by atoms with Crippen molar-refractivity contribution >= 4 is 59.0 Å². The number of ether oxygens (including phenoxy) is 1. The van der Waals surface area contributed by atoms with Gasteiger partial charge in [-0.15, -0.1) is 20.5 Å². The van der Waals surface area contributed by atoms with E-state index >= 15 is 0 Å². The van der Waals surface area contributed by atoms with Crippen LogP contribution in [0.2, 0.25) is 0 Å². The van der Waals surface area contributed by atoms with Gasteiger partial charge in [0.15, 0.2) is 34.6 Å². The molecule has 8 N–H and O–H groups in total. The van der Waals surface area contributed by atoms with Gasteiger partial charge in [-0.1, -0.05) is 0 Å². The Bertz CT molecular complexity index is 3180. The number of azo groups is 2. The SMILES string of the molecule is Cc1nn(-c2nc(O)nc(-n3nc(C)c(N=Nc4c(C#N)cnn4-c4cc(C(=O)O)cc(C(=O)O)c4)c3N)n2)c(N)c1N=Nc1c(C#N)cnn1-c1cc(OC=O)cc(C(=O)O)c1. The first kappa shape index (κ1) is 40.9. The van der Waals surface area contributed by atoms with Gasteiger partial charge >= 0.3 is 23.9 Å². The highest BCUT2D eigenvalue weighted by Crippen LogP contribution is 2.35. The number of nitriles is 2. The van der Waals surface area contributed by atoms with Gasteiger partial charge in [0.05, 0.1) is 51.8 Å². The number of aromatic hydroxyl groups is 1. The molecule has 28 heteroatoms. The quantitative estimate of drug-likeness (QED) is 0.0715. The molecular weight excluding hydrogens is 831 g/mol. The van der Waals surface area contributed by atoms with E-state index in [9.17, 15) is 50.1 Å². The number of anilines is 2. The molecule has 0 unspecified atom stereocenters. The highest BCUT2D eigenvalue weighted by Gasteiger charge is 2.24. The minimum atomic E-state index is -1.42. The van der Waals surface area contributed by atoms with Gasteiger partial charge in [0.1, 0.15) is 29.0 Å². The normalized spacial score (nSPS) is 11.2. The third-order valence-electron chi connectivity index (χ3n) is 8.55. The number of aromatic nitrogens is 11. The molecule has 0 saturated heterocycles. The van der Waals surface area contributed by atoms with Gasteiger partial charge in [-0.25, -0.2) is 23.7 Å². The number of nitrogen functional groups attached to an aromatic ring is 2. The summed E-state index contributed by atoms with van der Waals surface area (Å²) in [5.74, 6) is -5.90. The summed E-state index contributed by atoms with van der Waals surface area (Å²) in [4.78, 5) is 58.3. The molecule has 5 heterocycles. The number of nitrogens with zero attached hydrogens (tertiary/aromatic N) is 17. The van der Waals surface area contributed by atoms with E-state index in [0.717, 1.165) is 55.4 Å². The second-order valence-corrected chi connectivity index (χ2v) is 12.5. The van der Waals surface area contributed by atoms with E-state index in [1.807, 2.05) is 12.1 Å². The second kappa shape index (κ2) is 16.2. The molecule has 0 bridgehead atoms. The van der Waals surface area contributed by atoms with Crippen molar-refractivity contribution in [3.05, 3.63) is 88.0 Å². The number of aromatic carboxylic acids is 3. The van der Waals surface area contributed by atoms with Crippen molar-refractivity contribution in [1.82, 2.24) is 54.1 Å². The summed E-state index contributed by atoms with van der Waals surface area (Å²) in [6.07, 6.45) is 2.25. The molecule has 7 rings (SSSR count). The van der Waals surface area contributed by atoms with Crippen molar-refractivity contribution in [2.24, 2.45) is 20.5 Å². The highest BCUT2D eigenvalue weighted by atomic mass is 16.5. The third kappa shape index (κ3) is 7.73. The predicted molar refractivity (Wildman–Crippen MR) is 207 cm³/mol. The van der Waals surface area contributed by atoms with Crippen LogP contribution in [0.5, 0.6) is 11.8 Å². The molecule has 7 aromatic rings. The van der Waals surface area contributed by atoms with Gasteiger partial charge in [0.2, 0.25) is 0 Å². The number of carboxylic acids is 3. The van der Waals surface area contributed by atoms with Crippen molar-refractivity contribution in [2.45, 2.75) is 13.8 Å². The number of carbonyl (C=O) groups excluding carboxylic acids is 1. The Morgan fingerprint density at radius 3 is 1.51 bits per heavy atom. The fourth-order valence-electron chi connectivity index (χ4n) is 5.70. The van der Waals surface area contributed by atoms with E-state index in [2.05, 4.69) is 55.8 Å². The Balaban J connectivity index is 1.23. The van der Waals surface area contributed by atoms with Crippen LogP contribution >= 0.6 is 0 Å². The smallest absolute Gasteiger partial charge is 0.335 e. The lowest BCUT2D eigenvalue weighted by Crippen LogP contribution is -2.13. The summed E-state index contributed by atoms with van der Waals surface area (Å²) < 4.78 is 8.87. The van der Waals surface area contributed by atoms with Gasteiger partial charge in [0, 0.05) is 6.07 Å². The summed E-state index contributed by atoms with van der Waals surface area (Å²) in [6.45, 7) is 3.08. The summed E-state index contributed by atoms with van der Waals surface area (Å²) >= 11 is 0. The molecule has 63 heavy (non-hydrogen) atoms. The Kier molecular flexibility index (Phi) is 10.5. The number of hydrogen-bond donors (Lipinski definition) is 6. The molecule has 28 nitrogen and oxygen atoms in total. The van der Waals surface area contributed by atoms with Crippen LogP contribution in [-0.2, 0) is 4.79 Å². The van der Waals surface area contributed by atoms with Gasteiger partial charge in [0.25, 0.3) is 18.4 Å². The molecule has 5 aromatic heterocycles. The number of rotatable bonds is 13. The van der Waals surface area contributed by atoms with Gasteiger partial charge < -0.3 is 36.6 Å². The molecule has 0 amide bonds. The molecule has 0 spiro atoms. The summed E-state index contributed by atoms with van der Waals surface area (Å²) in [7, 11) is 0. The molecule has 0 aliphatic heterocycles. The number of benzene rings is 2. The largest absolute Gasteiger partial charge is 0.479 e. The maximum atomic E-state index is 11.8. The lowest BCUT2D eigenvalue weighted by atomic mass is 10.1. The molecule has 0 saturated carbocycles. The molecule has 2 aromatic carbocycles. The molecule has 0 aliphatic rings. The highest BCUT2D eigenvalue weighted by molar-refractivity contribution is 5.95. The zero-order valence-electron chi connectivity index (χ0n) is 31.8. The Labute approximate surface area is 348 Å². The number of carbonyl (C=O) groups is 4. The Morgan fingerprint density at radius 1 is 0.667 bits per heavy atom. The third-order valence-corrected chi connectivity index (χ3v) is 8.55. The number of nitrogens with two attached hydrogens (primary N) is 2. The van der Waals surface area contributed by atoms with Crippen LogP contribution in [0.1, 0.15) is 53.6 Å². The average Bonchev–Trinajstić information content (AvgIpc) is 4.01. The topological polar surface area (TPSA) is 417 Å². The Morgan fingerprint density at radius 2 is 1.10 bits per heavy atom. The average molecular weight is 854 g/mol. The first-order chi connectivity index (χ1) is 30.1. The molecule has 0 aliphatic carbocycles. The molecule has 0 atom stereocenters. The minimum absolute atomic E-state index is 0.0476. The zero-order valence-corrected chi connectivity index (χ0v) is 31.8. The van der Waals surface area contributed by atoms with Gasteiger partial charge in [-0.2, -0.15) is 55.2 Å². The van der Waals surface area contributed by atoms with Crippen molar-refractivity contribution in [1.29, 1.82) is 10.5 Å². The fraction of sp³-hybridized carbons (Fsp3) is 0.0571. The van der Waals surface area contributed by atoms with Crippen LogP contribution in [0.4, 0.5) is 34.6 Å². The van der Waals surface area contributed by atoms with Crippen molar-refractivity contribution in [3.63, 3.8) is 0 Å². The second-order valence-electron chi connectivity index (χ2n) is 12.5. The van der Waals surface area contributed by atoms with Crippen molar-refractivity contribution < 1.29 is 44.3 Å². The van der Waals surface area contributed by atoms with Crippen LogP contribution in [-0.4, -0.2) is 98.9 Å². The molecular formula is C35H23N19O9. The van der Waals surface area contributed by atoms with E-state index in [1.54, 1.807) is 0 Å². The van der Waals surface area contributed by atoms with Gasteiger partial charge in [-0.3, -0.25) is 4.79 Å². The Hall–Kier alpha value is -10.3. The maximum absolute atomic E-state index is 11.8. The van der Waals surface area contributed by atoms with Crippen molar-refractivity contribution in [3.8, 4) is 47.2 Å². The van der Waals surface area contributed by atoms with Crippen molar-refractivity contribution in [2.75, 3.05) is 11.5 Å².